The molecule has 4 aromatic rings. The fourth-order valence-electron chi connectivity index (χ4n) is 3.46. The lowest BCUT2D eigenvalue weighted by atomic mass is 10.0. The molecule has 1 aromatic heterocycles. The molecule has 0 saturated heterocycles. The third kappa shape index (κ3) is 4.59. The average Bonchev–Trinajstić information content (AvgIpc) is 2.82. The zero-order valence-electron chi connectivity index (χ0n) is 17.5. The van der Waals surface area contributed by atoms with Gasteiger partial charge in [-0.25, -0.2) is 4.79 Å². The highest BCUT2D eigenvalue weighted by molar-refractivity contribution is 6.13. The number of ether oxygens (including phenoxy) is 1. The Morgan fingerprint density at radius 2 is 1.69 bits per heavy atom. The van der Waals surface area contributed by atoms with Gasteiger partial charge in [-0.3, -0.25) is 9.59 Å². The molecule has 0 radical (unpaired) electrons. The maximum Gasteiger partial charge on any atom is 0.336 e. The highest BCUT2D eigenvalue weighted by atomic mass is 16.5. The maximum absolute atomic E-state index is 12.8. The summed E-state index contributed by atoms with van der Waals surface area (Å²) in [4.78, 5) is 37.0. The molecule has 0 unspecified atom stereocenters. The van der Waals surface area contributed by atoms with Crippen LogP contribution >= 0.6 is 0 Å². The van der Waals surface area contributed by atoms with Crippen molar-refractivity contribution in [3.05, 3.63) is 106 Å². The first kappa shape index (κ1) is 21.1. The van der Waals surface area contributed by atoms with E-state index in [0.29, 0.717) is 34.6 Å². The minimum Gasteiger partial charge on any atom is -0.484 e. The largest absolute Gasteiger partial charge is 0.484 e. The molecular weight excluding hydrogens is 406 g/mol. The van der Waals surface area contributed by atoms with Crippen molar-refractivity contribution in [2.75, 3.05) is 11.9 Å². The number of rotatable bonds is 7. The molecule has 0 atom stereocenters. The van der Waals surface area contributed by atoms with E-state index in [9.17, 15) is 14.4 Å². The van der Waals surface area contributed by atoms with Crippen LogP contribution in [0.2, 0.25) is 0 Å². The normalized spacial score (nSPS) is 10.7. The lowest BCUT2D eigenvalue weighted by molar-refractivity contribution is -0.118. The quantitative estimate of drug-likeness (QED) is 0.344. The number of hydrogen-bond donors (Lipinski definition) is 1. The molecule has 0 bridgehead atoms. The number of carbonyl (C=O) groups is 2. The van der Waals surface area contributed by atoms with Crippen molar-refractivity contribution in [3.63, 3.8) is 0 Å². The molecule has 1 amide bonds. The molecule has 0 saturated carbocycles. The van der Waals surface area contributed by atoms with Gasteiger partial charge in [-0.2, -0.15) is 0 Å². The van der Waals surface area contributed by atoms with E-state index < -0.39 is 11.5 Å². The first-order valence-corrected chi connectivity index (χ1v) is 10.2. The van der Waals surface area contributed by atoms with Crippen LogP contribution < -0.4 is 15.7 Å². The summed E-state index contributed by atoms with van der Waals surface area (Å²) in [6, 6.07) is 22.3. The first-order chi connectivity index (χ1) is 15.5. The monoisotopic (exact) mass is 427 g/mol. The van der Waals surface area contributed by atoms with Crippen molar-refractivity contribution >= 4 is 28.3 Å². The van der Waals surface area contributed by atoms with Gasteiger partial charge in [0.1, 0.15) is 11.3 Å². The van der Waals surface area contributed by atoms with E-state index in [1.165, 1.54) is 6.07 Å². The van der Waals surface area contributed by atoms with Gasteiger partial charge in [-0.15, -0.1) is 0 Å². The van der Waals surface area contributed by atoms with Gasteiger partial charge in [0.2, 0.25) is 0 Å². The molecule has 0 aliphatic carbocycles. The van der Waals surface area contributed by atoms with Gasteiger partial charge in [0.05, 0.1) is 5.69 Å². The third-order valence-electron chi connectivity index (χ3n) is 5.03. The van der Waals surface area contributed by atoms with Gasteiger partial charge in [0.25, 0.3) is 5.91 Å². The van der Waals surface area contributed by atoms with Crippen LogP contribution in [0, 0.1) is 0 Å². The topological polar surface area (TPSA) is 85.6 Å². The SMILES string of the molecule is CCc1cc(=O)oc2cc(OCC(=O)Nc3ccccc3C(=O)c3ccccc3)ccc12. The van der Waals surface area contributed by atoms with Crippen LogP contribution in [0.4, 0.5) is 5.69 Å². The zero-order valence-corrected chi connectivity index (χ0v) is 17.5. The summed E-state index contributed by atoms with van der Waals surface area (Å²) in [5.41, 5.74) is 2.21. The van der Waals surface area contributed by atoms with Crippen LogP contribution in [0.5, 0.6) is 5.75 Å². The fraction of sp³-hybridized carbons (Fsp3) is 0.115. The molecule has 0 aliphatic heterocycles. The van der Waals surface area contributed by atoms with Crippen LogP contribution in [0.1, 0.15) is 28.4 Å². The number of para-hydroxylation sites is 1. The smallest absolute Gasteiger partial charge is 0.336 e. The Hall–Kier alpha value is -4.19. The van der Waals surface area contributed by atoms with Crippen molar-refractivity contribution in [1.29, 1.82) is 0 Å². The minimum absolute atomic E-state index is 0.182. The maximum atomic E-state index is 12.8. The predicted molar refractivity (Wildman–Crippen MR) is 122 cm³/mol. The molecule has 1 heterocycles. The summed E-state index contributed by atoms with van der Waals surface area (Å²) < 4.78 is 10.8. The molecular formula is C26H21NO5. The summed E-state index contributed by atoms with van der Waals surface area (Å²) in [7, 11) is 0. The van der Waals surface area contributed by atoms with Crippen LogP contribution in [-0.4, -0.2) is 18.3 Å². The number of aryl methyl sites for hydroxylation is 1. The summed E-state index contributed by atoms with van der Waals surface area (Å²) in [5.74, 6) is -0.196. The standard InChI is InChI=1S/C26H21NO5/c1-2-17-14-25(29)32-23-15-19(12-13-20(17)23)31-16-24(28)27-22-11-7-6-10-21(22)26(30)18-8-4-3-5-9-18/h3-15H,2,16H2,1H3,(H,27,28). The Kier molecular flexibility index (Phi) is 6.12. The lowest BCUT2D eigenvalue weighted by Gasteiger charge is -2.12. The van der Waals surface area contributed by atoms with Crippen molar-refractivity contribution in [2.45, 2.75) is 13.3 Å². The predicted octanol–water partition coefficient (Wildman–Crippen LogP) is 4.60. The molecule has 32 heavy (non-hydrogen) atoms. The van der Waals surface area contributed by atoms with Gasteiger partial charge in [-0.05, 0) is 36.2 Å². The van der Waals surface area contributed by atoms with Crippen LogP contribution in [0.25, 0.3) is 11.0 Å². The Balaban J connectivity index is 1.47. The number of fused-ring (bicyclic) bond motifs is 1. The Morgan fingerprint density at radius 1 is 0.938 bits per heavy atom. The number of ketones is 1. The second-order valence-corrected chi connectivity index (χ2v) is 7.18. The van der Waals surface area contributed by atoms with E-state index in [0.717, 1.165) is 10.9 Å². The van der Waals surface area contributed by atoms with Crippen LogP contribution in [0.15, 0.2) is 88.1 Å². The molecule has 1 N–H and O–H groups in total. The van der Waals surface area contributed by atoms with E-state index in [2.05, 4.69) is 5.32 Å². The number of carbonyl (C=O) groups excluding carboxylic acids is 2. The highest BCUT2D eigenvalue weighted by Gasteiger charge is 2.15. The van der Waals surface area contributed by atoms with Crippen molar-refractivity contribution < 1.29 is 18.7 Å². The van der Waals surface area contributed by atoms with E-state index in [4.69, 9.17) is 9.15 Å². The zero-order chi connectivity index (χ0) is 22.5. The Bertz CT molecular complexity index is 1340. The molecule has 6 nitrogen and oxygen atoms in total. The van der Waals surface area contributed by atoms with Gasteiger partial charge < -0.3 is 14.5 Å². The number of hydrogen-bond acceptors (Lipinski definition) is 5. The van der Waals surface area contributed by atoms with Gasteiger partial charge in [0.15, 0.2) is 12.4 Å². The Labute approximate surface area is 184 Å². The molecule has 0 spiro atoms. The third-order valence-corrected chi connectivity index (χ3v) is 5.03. The molecule has 0 aliphatic rings. The van der Waals surface area contributed by atoms with E-state index in [-0.39, 0.29) is 12.4 Å². The lowest BCUT2D eigenvalue weighted by Crippen LogP contribution is -2.21. The number of amides is 1. The number of anilines is 1. The van der Waals surface area contributed by atoms with E-state index in [1.807, 2.05) is 13.0 Å². The number of nitrogens with one attached hydrogen (secondary N) is 1. The summed E-state index contributed by atoms with van der Waals surface area (Å²) in [5, 5.41) is 3.57. The molecule has 0 fully saturated rings. The van der Waals surface area contributed by atoms with Crippen molar-refractivity contribution in [3.8, 4) is 5.75 Å². The van der Waals surface area contributed by atoms with E-state index in [1.54, 1.807) is 66.7 Å². The molecule has 4 rings (SSSR count). The van der Waals surface area contributed by atoms with Gasteiger partial charge >= 0.3 is 5.63 Å². The first-order valence-electron chi connectivity index (χ1n) is 10.2. The highest BCUT2D eigenvalue weighted by Crippen LogP contribution is 2.23. The molecule has 160 valence electrons. The average molecular weight is 427 g/mol. The molecule has 6 heteroatoms. The minimum atomic E-state index is -0.427. The van der Waals surface area contributed by atoms with Crippen LogP contribution in [-0.2, 0) is 11.2 Å². The molecule has 3 aromatic carbocycles. The number of benzene rings is 3. The van der Waals surface area contributed by atoms with Crippen molar-refractivity contribution in [2.24, 2.45) is 0 Å². The Morgan fingerprint density at radius 3 is 2.47 bits per heavy atom. The summed E-state index contributed by atoms with van der Waals surface area (Å²) in [6.07, 6.45) is 0.700. The van der Waals surface area contributed by atoms with Crippen molar-refractivity contribution in [1.82, 2.24) is 0 Å². The summed E-state index contributed by atoms with van der Waals surface area (Å²) >= 11 is 0. The van der Waals surface area contributed by atoms with Crippen LogP contribution in [0.3, 0.4) is 0 Å². The van der Waals surface area contributed by atoms with Gasteiger partial charge in [0, 0.05) is 28.6 Å². The summed E-state index contributed by atoms with van der Waals surface area (Å²) in [6.45, 7) is 1.69. The van der Waals surface area contributed by atoms with Gasteiger partial charge in [-0.1, -0.05) is 49.4 Å². The second kappa shape index (κ2) is 9.31. The van der Waals surface area contributed by atoms with E-state index >= 15 is 0 Å². The second-order valence-electron chi connectivity index (χ2n) is 7.18. The fourth-order valence-corrected chi connectivity index (χ4v) is 3.46.